The molecule has 1 aliphatic rings. The van der Waals surface area contributed by atoms with Crippen LogP contribution < -0.4 is 20.8 Å². The Labute approximate surface area is 266 Å². The van der Waals surface area contributed by atoms with Gasteiger partial charge in [-0.05, 0) is 67.7 Å². The van der Waals surface area contributed by atoms with E-state index in [1.54, 1.807) is 6.21 Å². The predicted octanol–water partition coefficient (Wildman–Crippen LogP) is 4.95. The molecule has 0 radical (unpaired) electrons. The van der Waals surface area contributed by atoms with E-state index in [-0.39, 0.29) is 49.0 Å². The van der Waals surface area contributed by atoms with Crippen molar-refractivity contribution in [2.75, 3.05) is 13.2 Å². The van der Waals surface area contributed by atoms with Crippen molar-refractivity contribution in [2.45, 2.75) is 71.5 Å². The fourth-order valence-corrected chi connectivity index (χ4v) is 5.79. The number of hydrogen-bond donors (Lipinski definition) is 3. The summed E-state index contributed by atoms with van der Waals surface area (Å²) in [4.78, 5) is 41.0. The molecule has 0 bridgehead atoms. The fourth-order valence-electron chi connectivity index (χ4n) is 5.79. The SMILES string of the molecule is Cc1cccc(C)c1OCC(=O)NC(CCC(Cc1ccccc1)NC(=O)C(C(C)C)N1CC=NNC1=O)Cc1ccccc1. The molecule has 45 heavy (non-hydrogen) atoms. The number of carbonyl (C=O) groups is 3. The third-order valence-electron chi connectivity index (χ3n) is 8.01. The average Bonchev–Trinajstić information content (AvgIpc) is 3.01. The van der Waals surface area contributed by atoms with E-state index in [2.05, 4.69) is 33.3 Å². The lowest BCUT2D eigenvalue weighted by atomic mass is 9.94. The van der Waals surface area contributed by atoms with Crippen molar-refractivity contribution < 1.29 is 19.1 Å². The highest BCUT2D eigenvalue weighted by Gasteiger charge is 2.34. The van der Waals surface area contributed by atoms with Crippen LogP contribution in [0.5, 0.6) is 5.75 Å². The van der Waals surface area contributed by atoms with E-state index in [1.807, 2.05) is 94.4 Å². The van der Waals surface area contributed by atoms with Crippen LogP contribution in [0.15, 0.2) is 84.0 Å². The molecule has 9 heteroatoms. The molecule has 0 fully saturated rings. The molecule has 0 spiro atoms. The van der Waals surface area contributed by atoms with Crippen LogP contribution in [0, 0.1) is 19.8 Å². The van der Waals surface area contributed by atoms with Gasteiger partial charge in [-0.3, -0.25) is 9.59 Å². The highest BCUT2D eigenvalue weighted by molar-refractivity contribution is 5.90. The van der Waals surface area contributed by atoms with Crippen LogP contribution in [0.3, 0.4) is 0 Å². The van der Waals surface area contributed by atoms with E-state index < -0.39 is 6.04 Å². The van der Waals surface area contributed by atoms with Crippen molar-refractivity contribution in [1.82, 2.24) is 21.0 Å². The number of ether oxygens (including phenoxy) is 1. The molecule has 3 unspecified atom stereocenters. The summed E-state index contributed by atoms with van der Waals surface area (Å²) in [5.74, 6) is 0.217. The maximum absolute atomic E-state index is 13.8. The summed E-state index contributed by atoms with van der Waals surface area (Å²) in [6.45, 7) is 7.98. The first kappa shape index (κ1) is 33.2. The summed E-state index contributed by atoms with van der Waals surface area (Å²) in [5, 5.41) is 10.3. The molecule has 0 aromatic heterocycles. The molecule has 3 aromatic carbocycles. The number of amides is 4. The zero-order chi connectivity index (χ0) is 32.2. The zero-order valence-corrected chi connectivity index (χ0v) is 26.7. The largest absolute Gasteiger partial charge is 0.483 e. The van der Waals surface area contributed by atoms with Gasteiger partial charge in [0.2, 0.25) is 5.91 Å². The standard InChI is InChI=1S/C36H45N5O4/c1-25(2)33(41-21-20-37-40-36(41)44)35(43)39-31(23-29-16-9-6-10-17-29)19-18-30(22-28-14-7-5-8-15-28)38-32(42)24-45-34-26(3)12-11-13-27(34)4/h5-17,20,25,30-31,33H,18-19,21-24H2,1-4H3,(H,38,42)(H,39,43)(H,40,44). The Kier molecular flexibility index (Phi) is 12.1. The summed E-state index contributed by atoms with van der Waals surface area (Å²) in [5.41, 5.74) is 6.62. The van der Waals surface area contributed by atoms with Gasteiger partial charge in [0.25, 0.3) is 5.91 Å². The van der Waals surface area contributed by atoms with Crippen LogP contribution in [-0.4, -0.2) is 60.2 Å². The summed E-state index contributed by atoms with van der Waals surface area (Å²) in [7, 11) is 0. The number of hydrogen-bond acceptors (Lipinski definition) is 5. The minimum Gasteiger partial charge on any atom is -0.483 e. The molecule has 3 atom stereocenters. The number of nitrogens with zero attached hydrogens (tertiary/aromatic N) is 2. The quantitative estimate of drug-likeness (QED) is 0.226. The average molecular weight is 612 g/mol. The number of rotatable bonds is 15. The number of benzene rings is 3. The predicted molar refractivity (Wildman–Crippen MR) is 177 cm³/mol. The van der Waals surface area contributed by atoms with Crippen LogP contribution in [-0.2, 0) is 22.4 Å². The van der Waals surface area contributed by atoms with Gasteiger partial charge in [-0.1, -0.05) is 92.7 Å². The van der Waals surface area contributed by atoms with Gasteiger partial charge < -0.3 is 20.3 Å². The first-order valence-corrected chi connectivity index (χ1v) is 15.7. The van der Waals surface area contributed by atoms with Gasteiger partial charge in [0.05, 0.1) is 6.54 Å². The monoisotopic (exact) mass is 611 g/mol. The number of carbonyl (C=O) groups excluding carboxylic acids is 3. The Morgan fingerprint density at radius 1 is 0.844 bits per heavy atom. The van der Waals surface area contributed by atoms with Gasteiger partial charge in [0.15, 0.2) is 6.61 Å². The molecule has 4 rings (SSSR count). The smallest absolute Gasteiger partial charge is 0.338 e. The third kappa shape index (κ3) is 9.93. The van der Waals surface area contributed by atoms with Crippen LogP contribution >= 0.6 is 0 Å². The number of nitrogens with one attached hydrogen (secondary N) is 3. The minimum absolute atomic E-state index is 0.0849. The van der Waals surface area contributed by atoms with Gasteiger partial charge >= 0.3 is 6.03 Å². The lowest BCUT2D eigenvalue weighted by molar-refractivity contribution is -0.127. The maximum atomic E-state index is 13.8. The van der Waals surface area contributed by atoms with E-state index in [9.17, 15) is 14.4 Å². The van der Waals surface area contributed by atoms with Crippen LogP contribution in [0.1, 0.15) is 48.9 Å². The first-order valence-electron chi connectivity index (χ1n) is 15.7. The fraction of sp³-hybridized carbons (Fsp3) is 0.389. The van der Waals surface area contributed by atoms with Gasteiger partial charge in [0.1, 0.15) is 11.8 Å². The second kappa shape index (κ2) is 16.4. The van der Waals surface area contributed by atoms with Crippen LogP contribution in [0.25, 0.3) is 0 Å². The second-order valence-corrected chi connectivity index (χ2v) is 12.0. The van der Waals surface area contributed by atoms with Crippen molar-refractivity contribution in [3.05, 3.63) is 101 Å². The molecule has 0 saturated heterocycles. The molecular formula is C36H45N5O4. The second-order valence-electron chi connectivity index (χ2n) is 12.0. The Morgan fingerprint density at radius 2 is 1.40 bits per heavy atom. The summed E-state index contributed by atoms with van der Waals surface area (Å²) in [6.07, 6.45) is 4.10. The number of aryl methyl sites for hydroxylation is 2. The van der Waals surface area contributed by atoms with Gasteiger partial charge in [-0.25, -0.2) is 10.2 Å². The van der Waals surface area contributed by atoms with Crippen LogP contribution in [0.4, 0.5) is 4.79 Å². The van der Waals surface area contributed by atoms with Crippen molar-refractivity contribution in [2.24, 2.45) is 11.0 Å². The summed E-state index contributed by atoms with van der Waals surface area (Å²) < 4.78 is 5.94. The Bertz CT molecular complexity index is 1420. The number of para-hydroxylation sites is 1. The van der Waals surface area contributed by atoms with Crippen molar-refractivity contribution >= 4 is 24.1 Å². The third-order valence-corrected chi connectivity index (χ3v) is 8.01. The normalized spacial score (nSPS) is 14.8. The number of hydrazone groups is 1. The lowest BCUT2D eigenvalue weighted by Gasteiger charge is -2.34. The topological polar surface area (TPSA) is 112 Å². The minimum atomic E-state index is -0.656. The molecule has 3 aromatic rings. The Morgan fingerprint density at radius 3 is 1.93 bits per heavy atom. The van der Waals surface area contributed by atoms with E-state index in [4.69, 9.17) is 4.74 Å². The number of urea groups is 1. The van der Waals surface area contributed by atoms with E-state index in [1.165, 1.54) is 4.90 Å². The van der Waals surface area contributed by atoms with Crippen molar-refractivity contribution in [3.63, 3.8) is 0 Å². The highest BCUT2D eigenvalue weighted by Crippen LogP contribution is 2.22. The summed E-state index contributed by atoms with van der Waals surface area (Å²) in [6, 6.07) is 24.5. The maximum Gasteiger partial charge on any atom is 0.338 e. The molecular weight excluding hydrogens is 566 g/mol. The molecule has 1 heterocycles. The summed E-state index contributed by atoms with van der Waals surface area (Å²) >= 11 is 0. The Balaban J connectivity index is 1.48. The highest BCUT2D eigenvalue weighted by atomic mass is 16.5. The van der Waals surface area contributed by atoms with E-state index >= 15 is 0 Å². The van der Waals surface area contributed by atoms with Gasteiger partial charge in [0, 0.05) is 18.3 Å². The zero-order valence-electron chi connectivity index (χ0n) is 26.7. The van der Waals surface area contributed by atoms with E-state index in [0.29, 0.717) is 25.7 Å². The van der Waals surface area contributed by atoms with Crippen molar-refractivity contribution in [3.8, 4) is 5.75 Å². The molecule has 4 amide bonds. The Hall–Kier alpha value is -4.66. The molecule has 9 nitrogen and oxygen atoms in total. The molecule has 1 aliphatic heterocycles. The first-order chi connectivity index (χ1) is 21.7. The van der Waals surface area contributed by atoms with Crippen molar-refractivity contribution in [1.29, 1.82) is 0 Å². The molecule has 0 saturated carbocycles. The molecule has 3 N–H and O–H groups in total. The lowest BCUT2D eigenvalue weighted by Crippen LogP contribution is -2.58. The molecule has 238 valence electrons. The van der Waals surface area contributed by atoms with Gasteiger partial charge in [-0.2, -0.15) is 5.10 Å². The van der Waals surface area contributed by atoms with E-state index in [0.717, 1.165) is 28.0 Å². The van der Waals surface area contributed by atoms with Crippen LogP contribution in [0.2, 0.25) is 0 Å². The van der Waals surface area contributed by atoms with Gasteiger partial charge in [-0.15, -0.1) is 0 Å². The molecule has 0 aliphatic carbocycles.